The Morgan fingerprint density at radius 3 is 2.62 bits per heavy atom. The fourth-order valence-electron chi connectivity index (χ4n) is 1.25. The van der Waals surface area contributed by atoms with Gasteiger partial charge in [0, 0.05) is 27.2 Å². The summed E-state index contributed by atoms with van der Waals surface area (Å²) in [6.07, 6.45) is 0.766. The van der Waals surface area contributed by atoms with Gasteiger partial charge in [-0.05, 0) is 18.6 Å². The van der Waals surface area contributed by atoms with E-state index in [1.54, 1.807) is 19.2 Å². The molecule has 1 amide bonds. The Morgan fingerprint density at radius 1 is 1.38 bits per heavy atom. The Labute approximate surface area is 94.2 Å². The number of H-pyrrole nitrogens is 1. The van der Waals surface area contributed by atoms with Gasteiger partial charge in [0.15, 0.2) is 5.78 Å². The number of amides is 1. The highest BCUT2D eigenvalue weighted by molar-refractivity contribution is 5.97. The second-order valence-electron chi connectivity index (χ2n) is 3.44. The first-order valence-corrected chi connectivity index (χ1v) is 5.12. The van der Waals surface area contributed by atoms with Gasteiger partial charge in [0.2, 0.25) is 0 Å². The van der Waals surface area contributed by atoms with Crippen LogP contribution in [0.1, 0.15) is 34.3 Å². The molecule has 0 aliphatic rings. The molecule has 16 heavy (non-hydrogen) atoms. The normalized spacial score (nSPS) is 10.1. The molecule has 0 radical (unpaired) electrons. The number of rotatable bonds is 6. The summed E-state index contributed by atoms with van der Waals surface area (Å²) in [5, 5.41) is 2.72. The van der Waals surface area contributed by atoms with E-state index in [1.807, 2.05) is 0 Å². The van der Waals surface area contributed by atoms with E-state index in [0.717, 1.165) is 6.42 Å². The van der Waals surface area contributed by atoms with Gasteiger partial charge in [0.1, 0.15) is 5.69 Å². The fourth-order valence-corrected chi connectivity index (χ4v) is 1.25. The number of carbonyl (C=O) groups is 2. The highest BCUT2D eigenvalue weighted by atomic mass is 16.5. The van der Waals surface area contributed by atoms with E-state index in [-0.39, 0.29) is 11.7 Å². The quantitative estimate of drug-likeness (QED) is 0.559. The topological polar surface area (TPSA) is 71.2 Å². The average molecular weight is 224 g/mol. The Balaban J connectivity index is 2.43. The number of aromatic nitrogens is 1. The van der Waals surface area contributed by atoms with Crippen molar-refractivity contribution in [2.24, 2.45) is 0 Å². The van der Waals surface area contributed by atoms with Crippen LogP contribution in [0.4, 0.5) is 0 Å². The largest absolute Gasteiger partial charge is 0.385 e. The third kappa shape index (κ3) is 3.51. The van der Waals surface area contributed by atoms with Gasteiger partial charge in [-0.25, -0.2) is 0 Å². The zero-order valence-corrected chi connectivity index (χ0v) is 9.50. The molecule has 1 rings (SSSR count). The number of hydrogen-bond acceptors (Lipinski definition) is 3. The number of methoxy groups -OCH3 is 1. The lowest BCUT2D eigenvalue weighted by atomic mass is 10.3. The SMILES string of the molecule is COCCCNC(=O)c1ccc(C(C)=O)[nH]1. The molecule has 1 aromatic rings. The van der Waals surface area contributed by atoms with Gasteiger partial charge < -0.3 is 15.0 Å². The van der Waals surface area contributed by atoms with Crippen molar-refractivity contribution >= 4 is 11.7 Å². The second kappa shape index (κ2) is 6.07. The van der Waals surface area contributed by atoms with Crippen LogP contribution in [0.3, 0.4) is 0 Å². The summed E-state index contributed by atoms with van der Waals surface area (Å²) in [4.78, 5) is 25.3. The summed E-state index contributed by atoms with van der Waals surface area (Å²) in [6, 6.07) is 3.20. The molecule has 0 aliphatic heterocycles. The maximum atomic E-state index is 11.5. The molecule has 0 spiro atoms. The van der Waals surface area contributed by atoms with Crippen LogP contribution in [0, 0.1) is 0 Å². The smallest absolute Gasteiger partial charge is 0.267 e. The van der Waals surface area contributed by atoms with Gasteiger partial charge in [0.05, 0.1) is 5.69 Å². The molecular formula is C11H16N2O3. The Morgan fingerprint density at radius 2 is 2.06 bits per heavy atom. The summed E-state index contributed by atoms with van der Waals surface area (Å²) < 4.78 is 4.86. The number of aromatic amines is 1. The number of Topliss-reactive ketones (excluding diaryl/α,β-unsaturated/α-hetero) is 1. The molecule has 1 aromatic heterocycles. The Hall–Kier alpha value is -1.62. The Kier molecular flexibility index (Phi) is 4.72. The zero-order valence-electron chi connectivity index (χ0n) is 9.50. The van der Waals surface area contributed by atoms with Crippen LogP contribution in [0.25, 0.3) is 0 Å². The average Bonchev–Trinajstić information content (AvgIpc) is 2.73. The monoisotopic (exact) mass is 224 g/mol. The van der Waals surface area contributed by atoms with Crippen LogP contribution in [-0.4, -0.2) is 36.9 Å². The third-order valence-electron chi connectivity index (χ3n) is 2.12. The van der Waals surface area contributed by atoms with E-state index in [9.17, 15) is 9.59 Å². The molecule has 0 bridgehead atoms. The van der Waals surface area contributed by atoms with Gasteiger partial charge >= 0.3 is 0 Å². The highest BCUT2D eigenvalue weighted by Crippen LogP contribution is 2.02. The van der Waals surface area contributed by atoms with Gasteiger partial charge in [-0.1, -0.05) is 0 Å². The standard InChI is InChI=1S/C11H16N2O3/c1-8(14)9-4-5-10(13-9)11(15)12-6-3-7-16-2/h4-5,13H,3,6-7H2,1-2H3,(H,12,15). The number of ketones is 1. The minimum Gasteiger partial charge on any atom is -0.385 e. The maximum absolute atomic E-state index is 11.5. The van der Waals surface area contributed by atoms with Crippen LogP contribution < -0.4 is 5.32 Å². The number of nitrogens with one attached hydrogen (secondary N) is 2. The van der Waals surface area contributed by atoms with Gasteiger partial charge in [-0.2, -0.15) is 0 Å². The fraction of sp³-hybridized carbons (Fsp3) is 0.455. The van der Waals surface area contributed by atoms with E-state index in [4.69, 9.17) is 4.74 Å². The maximum Gasteiger partial charge on any atom is 0.267 e. The lowest BCUT2D eigenvalue weighted by Crippen LogP contribution is -2.25. The van der Waals surface area contributed by atoms with Crippen LogP contribution >= 0.6 is 0 Å². The first-order valence-electron chi connectivity index (χ1n) is 5.12. The molecule has 0 aromatic carbocycles. The lowest BCUT2D eigenvalue weighted by Gasteiger charge is -2.02. The first-order chi connectivity index (χ1) is 7.65. The summed E-state index contributed by atoms with van der Waals surface area (Å²) >= 11 is 0. The Bertz CT molecular complexity index is 371. The van der Waals surface area contributed by atoms with Crippen molar-refractivity contribution < 1.29 is 14.3 Å². The zero-order chi connectivity index (χ0) is 12.0. The van der Waals surface area contributed by atoms with Gasteiger partial charge in [-0.3, -0.25) is 9.59 Å². The minimum absolute atomic E-state index is 0.0848. The number of hydrogen-bond donors (Lipinski definition) is 2. The number of ether oxygens (including phenoxy) is 1. The molecule has 0 atom stereocenters. The minimum atomic E-state index is -0.205. The summed E-state index contributed by atoms with van der Waals surface area (Å²) in [6.45, 7) is 2.62. The van der Waals surface area contributed by atoms with E-state index >= 15 is 0 Å². The predicted molar refractivity (Wildman–Crippen MR) is 59.6 cm³/mol. The first kappa shape index (κ1) is 12.4. The molecule has 0 fully saturated rings. The summed E-state index contributed by atoms with van der Waals surface area (Å²) in [7, 11) is 1.62. The molecule has 0 aliphatic carbocycles. The molecule has 2 N–H and O–H groups in total. The lowest BCUT2D eigenvalue weighted by molar-refractivity contribution is 0.0944. The van der Waals surface area contributed by atoms with Crippen LogP contribution in [-0.2, 0) is 4.74 Å². The van der Waals surface area contributed by atoms with Crippen molar-refractivity contribution in [1.82, 2.24) is 10.3 Å². The third-order valence-corrected chi connectivity index (χ3v) is 2.12. The predicted octanol–water partition coefficient (Wildman–Crippen LogP) is 0.984. The van der Waals surface area contributed by atoms with E-state index in [1.165, 1.54) is 6.92 Å². The van der Waals surface area contributed by atoms with Crippen molar-refractivity contribution in [3.63, 3.8) is 0 Å². The molecule has 5 heteroatoms. The highest BCUT2D eigenvalue weighted by Gasteiger charge is 2.09. The van der Waals surface area contributed by atoms with Crippen molar-refractivity contribution in [3.05, 3.63) is 23.5 Å². The molecule has 0 saturated heterocycles. The van der Waals surface area contributed by atoms with E-state index in [0.29, 0.717) is 24.5 Å². The van der Waals surface area contributed by atoms with E-state index < -0.39 is 0 Å². The van der Waals surface area contributed by atoms with Gasteiger partial charge in [-0.15, -0.1) is 0 Å². The van der Waals surface area contributed by atoms with Crippen molar-refractivity contribution in [2.45, 2.75) is 13.3 Å². The number of carbonyl (C=O) groups excluding carboxylic acids is 2. The summed E-state index contributed by atoms with van der Waals surface area (Å²) in [5.41, 5.74) is 0.852. The summed E-state index contributed by atoms with van der Waals surface area (Å²) in [5.74, 6) is -0.290. The molecule has 5 nitrogen and oxygen atoms in total. The van der Waals surface area contributed by atoms with Gasteiger partial charge in [0.25, 0.3) is 5.91 Å². The second-order valence-corrected chi connectivity index (χ2v) is 3.44. The molecule has 1 heterocycles. The van der Waals surface area contributed by atoms with Crippen molar-refractivity contribution in [1.29, 1.82) is 0 Å². The van der Waals surface area contributed by atoms with Crippen LogP contribution in [0.2, 0.25) is 0 Å². The molecular weight excluding hydrogens is 208 g/mol. The molecule has 0 saturated carbocycles. The van der Waals surface area contributed by atoms with Crippen LogP contribution in [0.15, 0.2) is 12.1 Å². The van der Waals surface area contributed by atoms with Crippen molar-refractivity contribution in [3.8, 4) is 0 Å². The van der Waals surface area contributed by atoms with E-state index in [2.05, 4.69) is 10.3 Å². The van der Waals surface area contributed by atoms with Crippen molar-refractivity contribution in [2.75, 3.05) is 20.3 Å². The van der Waals surface area contributed by atoms with Crippen LogP contribution in [0.5, 0.6) is 0 Å². The molecule has 0 unspecified atom stereocenters. The molecule has 88 valence electrons.